The molecular weight excluding hydrogens is 423 g/mol. The smallest absolute Gasteiger partial charge is 0.248 e. The van der Waals surface area contributed by atoms with E-state index in [4.69, 9.17) is 0 Å². The van der Waals surface area contributed by atoms with Gasteiger partial charge in [-0.3, -0.25) is 14.4 Å². The lowest BCUT2D eigenvalue weighted by molar-refractivity contribution is -0.131. The van der Waals surface area contributed by atoms with Crippen molar-refractivity contribution in [1.29, 1.82) is 0 Å². The van der Waals surface area contributed by atoms with Crippen LogP contribution in [0.1, 0.15) is 58.4 Å². The normalized spacial score (nSPS) is 22.2. The van der Waals surface area contributed by atoms with Crippen LogP contribution < -0.4 is 16.0 Å². The number of anilines is 1. The van der Waals surface area contributed by atoms with E-state index < -0.39 is 46.8 Å². The van der Waals surface area contributed by atoms with Crippen LogP contribution in [0.3, 0.4) is 0 Å². The van der Waals surface area contributed by atoms with E-state index in [2.05, 4.69) is 16.0 Å². The fourth-order valence-corrected chi connectivity index (χ4v) is 4.28. The predicted octanol–water partition coefficient (Wildman–Crippen LogP) is 3.51. The van der Waals surface area contributed by atoms with Crippen LogP contribution in [0.2, 0.25) is 0 Å². The highest BCUT2D eigenvalue weighted by Gasteiger charge is 2.41. The first-order valence-corrected chi connectivity index (χ1v) is 10.9. The van der Waals surface area contributed by atoms with Gasteiger partial charge in [0.2, 0.25) is 23.6 Å². The number of nitrogens with one attached hydrogen (secondary N) is 3. The maximum atomic E-state index is 14.5. The number of amides is 3. The fraction of sp³-hybridized carbons (Fsp3) is 0.609. The van der Waals surface area contributed by atoms with Crippen molar-refractivity contribution in [3.8, 4) is 0 Å². The van der Waals surface area contributed by atoms with Gasteiger partial charge in [0, 0.05) is 31.5 Å². The minimum Gasteiger partial charge on any atom is -0.355 e. The number of benzene rings is 1. The molecule has 3 rings (SSSR count). The summed E-state index contributed by atoms with van der Waals surface area (Å²) >= 11 is 0. The molecule has 176 valence electrons. The van der Waals surface area contributed by atoms with Gasteiger partial charge in [-0.25, -0.2) is 13.2 Å². The quantitative estimate of drug-likeness (QED) is 0.638. The second-order valence-corrected chi connectivity index (χ2v) is 9.82. The largest absolute Gasteiger partial charge is 0.355 e. The Bertz CT molecular complexity index is 888. The van der Waals surface area contributed by atoms with Crippen molar-refractivity contribution in [3.63, 3.8) is 0 Å². The van der Waals surface area contributed by atoms with Crippen molar-refractivity contribution in [2.24, 2.45) is 11.8 Å². The Balaban J connectivity index is 1.76. The van der Waals surface area contributed by atoms with E-state index in [-0.39, 0.29) is 50.2 Å². The molecule has 9 heteroatoms. The zero-order chi connectivity index (χ0) is 23.7. The molecule has 1 saturated carbocycles. The summed E-state index contributed by atoms with van der Waals surface area (Å²) in [6, 6.07) is 3.33. The Morgan fingerprint density at radius 2 is 1.84 bits per heavy atom. The Kier molecular flexibility index (Phi) is 6.86. The summed E-state index contributed by atoms with van der Waals surface area (Å²) in [7, 11) is 0. The molecule has 0 radical (unpaired) electrons. The average molecular weight is 454 g/mol. The Morgan fingerprint density at radius 3 is 2.38 bits per heavy atom. The second-order valence-electron chi connectivity index (χ2n) is 9.82. The zero-order valence-corrected chi connectivity index (χ0v) is 18.6. The molecule has 1 unspecified atom stereocenters. The molecule has 32 heavy (non-hydrogen) atoms. The lowest BCUT2D eigenvalue weighted by Gasteiger charge is -2.33. The predicted molar refractivity (Wildman–Crippen MR) is 114 cm³/mol. The summed E-state index contributed by atoms with van der Waals surface area (Å²) in [6.45, 7) is 5.78. The highest BCUT2D eigenvalue weighted by Crippen LogP contribution is 2.38. The van der Waals surface area contributed by atoms with Crippen LogP contribution >= 0.6 is 0 Å². The first-order valence-electron chi connectivity index (χ1n) is 10.9. The van der Waals surface area contributed by atoms with Crippen LogP contribution in [0.5, 0.6) is 0 Å². The monoisotopic (exact) mass is 453 g/mol. The van der Waals surface area contributed by atoms with Gasteiger partial charge in [-0.15, -0.1) is 0 Å². The summed E-state index contributed by atoms with van der Waals surface area (Å²) in [5.74, 6) is -5.67. The van der Waals surface area contributed by atoms with E-state index in [1.165, 1.54) is 6.07 Å². The van der Waals surface area contributed by atoms with Crippen LogP contribution in [0.25, 0.3) is 0 Å². The molecule has 1 aliphatic carbocycles. The minimum atomic E-state index is -2.78. The van der Waals surface area contributed by atoms with Crippen LogP contribution in [-0.4, -0.2) is 36.2 Å². The lowest BCUT2D eigenvalue weighted by Crippen LogP contribution is -2.51. The van der Waals surface area contributed by atoms with Crippen LogP contribution in [-0.2, 0) is 19.8 Å². The Hall–Kier alpha value is -2.58. The molecule has 3 N–H and O–H groups in total. The van der Waals surface area contributed by atoms with Gasteiger partial charge in [-0.1, -0.05) is 26.8 Å². The molecule has 3 amide bonds. The molecule has 0 aromatic heterocycles. The molecule has 2 fully saturated rings. The van der Waals surface area contributed by atoms with Gasteiger partial charge in [-0.05, 0) is 41.9 Å². The lowest BCUT2D eigenvalue weighted by atomic mass is 9.81. The molecule has 2 atom stereocenters. The van der Waals surface area contributed by atoms with Gasteiger partial charge < -0.3 is 16.0 Å². The second kappa shape index (κ2) is 9.11. The van der Waals surface area contributed by atoms with E-state index in [1.807, 2.05) is 20.8 Å². The van der Waals surface area contributed by atoms with Crippen LogP contribution in [0.4, 0.5) is 18.9 Å². The SMILES string of the molecule is CC(C)(C)c1ccc(NC(=O)[C@@H](NC(=O)C2CNC(=O)C2)C2CCC(F)(F)CC2)cc1F. The number of carbonyl (C=O) groups is 3. The van der Waals surface area contributed by atoms with Crippen LogP contribution in [0, 0.1) is 17.7 Å². The van der Waals surface area contributed by atoms with Crippen molar-refractivity contribution in [2.75, 3.05) is 11.9 Å². The third kappa shape index (κ3) is 5.81. The topological polar surface area (TPSA) is 87.3 Å². The molecule has 0 spiro atoms. The number of hydrogen-bond acceptors (Lipinski definition) is 3. The van der Waals surface area contributed by atoms with E-state index in [1.54, 1.807) is 12.1 Å². The van der Waals surface area contributed by atoms with E-state index in [0.717, 1.165) is 0 Å². The van der Waals surface area contributed by atoms with E-state index >= 15 is 0 Å². The number of rotatable bonds is 5. The molecule has 1 heterocycles. The molecule has 6 nitrogen and oxygen atoms in total. The maximum absolute atomic E-state index is 14.5. The molecular formula is C23H30F3N3O3. The van der Waals surface area contributed by atoms with Gasteiger partial charge in [0.25, 0.3) is 0 Å². The summed E-state index contributed by atoms with van der Waals surface area (Å²) < 4.78 is 41.8. The highest BCUT2D eigenvalue weighted by atomic mass is 19.3. The van der Waals surface area contributed by atoms with Gasteiger partial charge in [-0.2, -0.15) is 0 Å². The molecule has 1 saturated heterocycles. The third-order valence-electron chi connectivity index (χ3n) is 6.21. The zero-order valence-electron chi connectivity index (χ0n) is 18.6. The van der Waals surface area contributed by atoms with Gasteiger partial charge in [0.1, 0.15) is 11.9 Å². The van der Waals surface area contributed by atoms with Crippen LogP contribution in [0.15, 0.2) is 18.2 Å². The van der Waals surface area contributed by atoms with Crippen molar-refractivity contribution >= 4 is 23.4 Å². The summed E-state index contributed by atoms with van der Waals surface area (Å²) in [5, 5.41) is 7.85. The molecule has 1 aromatic rings. The molecule has 2 aliphatic rings. The molecule has 0 bridgehead atoms. The first kappa shape index (κ1) is 24.1. The van der Waals surface area contributed by atoms with Crippen molar-refractivity contribution in [2.45, 2.75) is 70.3 Å². The highest BCUT2D eigenvalue weighted by molar-refractivity contribution is 5.98. The maximum Gasteiger partial charge on any atom is 0.248 e. The van der Waals surface area contributed by atoms with E-state index in [9.17, 15) is 27.6 Å². The van der Waals surface area contributed by atoms with E-state index in [0.29, 0.717) is 5.56 Å². The summed E-state index contributed by atoms with van der Waals surface area (Å²) in [6.07, 6.45) is -0.567. The number of alkyl halides is 2. The van der Waals surface area contributed by atoms with Crippen molar-refractivity contribution in [3.05, 3.63) is 29.6 Å². The van der Waals surface area contributed by atoms with Gasteiger partial charge in [0.05, 0.1) is 5.92 Å². The molecule has 1 aromatic carbocycles. The van der Waals surface area contributed by atoms with Gasteiger partial charge in [0.15, 0.2) is 0 Å². The fourth-order valence-electron chi connectivity index (χ4n) is 4.28. The first-order chi connectivity index (χ1) is 14.9. The summed E-state index contributed by atoms with van der Waals surface area (Å²) in [4.78, 5) is 37.1. The minimum absolute atomic E-state index is 0.0163. The Morgan fingerprint density at radius 1 is 1.19 bits per heavy atom. The third-order valence-corrected chi connectivity index (χ3v) is 6.21. The van der Waals surface area contributed by atoms with Crippen molar-refractivity contribution in [1.82, 2.24) is 10.6 Å². The average Bonchev–Trinajstić information content (AvgIpc) is 3.12. The Labute approximate surface area is 185 Å². The number of hydrogen-bond donors (Lipinski definition) is 3. The number of carbonyl (C=O) groups excluding carboxylic acids is 3. The molecule has 1 aliphatic heterocycles. The number of halogens is 3. The standard InChI is InChI=1S/C23H30F3N3O3/c1-22(2,3)16-5-4-15(11-17(16)24)28-21(32)19(13-6-8-23(25,26)9-7-13)29-20(31)14-10-18(30)27-12-14/h4-5,11,13-14,19H,6-10,12H2,1-3H3,(H,27,30)(H,28,32)(H,29,31)/t14?,19-/m0/s1. The van der Waals surface area contributed by atoms with Gasteiger partial charge >= 0.3 is 0 Å². The van der Waals surface area contributed by atoms with Crippen molar-refractivity contribution < 1.29 is 27.6 Å². The summed E-state index contributed by atoms with van der Waals surface area (Å²) in [5.41, 5.74) is 0.301.